The van der Waals surface area contributed by atoms with Crippen molar-refractivity contribution in [1.82, 2.24) is 5.32 Å². The van der Waals surface area contributed by atoms with Gasteiger partial charge in [0.1, 0.15) is 0 Å². The molecule has 1 aliphatic carbocycles. The summed E-state index contributed by atoms with van der Waals surface area (Å²) in [5.74, 6) is 0.178. The highest BCUT2D eigenvalue weighted by molar-refractivity contribution is 5.76. The summed E-state index contributed by atoms with van der Waals surface area (Å²) in [5, 5.41) is 2.94. The van der Waals surface area contributed by atoms with Gasteiger partial charge in [0.05, 0.1) is 0 Å². The zero-order valence-electron chi connectivity index (χ0n) is 7.64. The minimum Gasteiger partial charge on any atom is -0.382 e. The van der Waals surface area contributed by atoms with Gasteiger partial charge in [-0.25, -0.2) is 0 Å². The van der Waals surface area contributed by atoms with E-state index in [0.29, 0.717) is 19.1 Å². The van der Waals surface area contributed by atoms with Crippen molar-refractivity contribution in [2.75, 3.05) is 13.2 Å². The molecular weight excluding hydrogens is 154 g/mol. The summed E-state index contributed by atoms with van der Waals surface area (Å²) in [6.07, 6.45) is 3.78. The van der Waals surface area contributed by atoms with Crippen molar-refractivity contribution in [3.8, 4) is 0 Å². The molecule has 1 rings (SSSR count). The van der Waals surface area contributed by atoms with E-state index in [1.807, 2.05) is 6.92 Å². The molecular formula is C9H17NO2. The van der Waals surface area contributed by atoms with Gasteiger partial charge in [-0.1, -0.05) is 0 Å². The highest BCUT2D eigenvalue weighted by Crippen LogP contribution is 2.18. The third-order valence-electron chi connectivity index (χ3n) is 1.84. The molecule has 0 radical (unpaired) electrons. The van der Waals surface area contributed by atoms with Gasteiger partial charge in [-0.3, -0.25) is 4.79 Å². The Labute approximate surface area is 73.5 Å². The zero-order valence-corrected chi connectivity index (χ0v) is 7.64. The fourth-order valence-corrected chi connectivity index (χ4v) is 1.01. The van der Waals surface area contributed by atoms with Gasteiger partial charge in [0.2, 0.25) is 5.91 Å². The Morgan fingerprint density at radius 1 is 1.58 bits per heavy atom. The Kier molecular flexibility index (Phi) is 4.08. The normalized spacial score (nSPS) is 16.1. The standard InChI is InChI=1S/C9H17NO2/c1-2-12-7-3-4-9(11)10-8-5-6-8/h8H,2-7H2,1H3,(H,10,11). The smallest absolute Gasteiger partial charge is 0.220 e. The number of ether oxygens (including phenoxy) is 1. The molecule has 12 heavy (non-hydrogen) atoms. The quantitative estimate of drug-likeness (QED) is 0.607. The van der Waals surface area contributed by atoms with Gasteiger partial charge in [0.15, 0.2) is 0 Å². The lowest BCUT2D eigenvalue weighted by Gasteiger charge is -2.02. The molecule has 1 N–H and O–H groups in total. The molecule has 0 aromatic carbocycles. The summed E-state index contributed by atoms with van der Waals surface area (Å²) in [7, 11) is 0. The topological polar surface area (TPSA) is 38.3 Å². The van der Waals surface area contributed by atoms with Crippen LogP contribution in [-0.2, 0) is 9.53 Å². The summed E-state index contributed by atoms with van der Waals surface area (Å²) in [6.45, 7) is 3.41. The number of carbonyl (C=O) groups excluding carboxylic acids is 1. The maximum atomic E-state index is 11.1. The first-order valence-electron chi connectivity index (χ1n) is 4.70. The van der Waals surface area contributed by atoms with E-state index in [1.54, 1.807) is 0 Å². The van der Waals surface area contributed by atoms with Crippen molar-refractivity contribution in [2.24, 2.45) is 0 Å². The average Bonchev–Trinajstić information content (AvgIpc) is 2.82. The first-order chi connectivity index (χ1) is 5.83. The average molecular weight is 171 g/mol. The molecule has 0 aromatic rings. The van der Waals surface area contributed by atoms with Gasteiger partial charge in [0, 0.05) is 25.7 Å². The Balaban J connectivity index is 1.87. The second kappa shape index (κ2) is 5.14. The molecule has 1 amide bonds. The lowest BCUT2D eigenvalue weighted by Crippen LogP contribution is -2.25. The van der Waals surface area contributed by atoms with Crippen molar-refractivity contribution in [3.05, 3.63) is 0 Å². The van der Waals surface area contributed by atoms with Crippen molar-refractivity contribution in [2.45, 2.75) is 38.6 Å². The lowest BCUT2D eigenvalue weighted by atomic mass is 10.3. The molecule has 0 aliphatic heterocycles. The molecule has 0 unspecified atom stereocenters. The molecule has 0 heterocycles. The molecule has 1 fully saturated rings. The van der Waals surface area contributed by atoms with Crippen LogP contribution in [0.25, 0.3) is 0 Å². The maximum absolute atomic E-state index is 11.1. The molecule has 0 atom stereocenters. The minimum absolute atomic E-state index is 0.178. The van der Waals surface area contributed by atoms with Crippen LogP contribution in [0.15, 0.2) is 0 Å². The number of carbonyl (C=O) groups is 1. The Morgan fingerprint density at radius 3 is 2.92 bits per heavy atom. The van der Waals surface area contributed by atoms with E-state index < -0.39 is 0 Å². The third-order valence-corrected chi connectivity index (χ3v) is 1.84. The van der Waals surface area contributed by atoms with Gasteiger partial charge in [-0.2, -0.15) is 0 Å². The first kappa shape index (κ1) is 9.52. The van der Waals surface area contributed by atoms with Gasteiger partial charge in [-0.05, 0) is 26.2 Å². The van der Waals surface area contributed by atoms with Crippen molar-refractivity contribution in [1.29, 1.82) is 0 Å². The number of nitrogens with one attached hydrogen (secondary N) is 1. The molecule has 0 spiro atoms. The summed E-state index contributed by atoms with van der Waals surface area (Å²) in [5.41, 5.74) is 0. The summed E-state index contributed by atoms with van der Waals surface area (Å²) in [6, 6.07) is 0.490. The summed E-state index contributed by atoms with van der Waals surface area (Å²) >= 11 is 0. The summed E-state index contributed by atoms with van der Waals surface area (Å²) < 4.78 is 5.12. The van der Waals surface area contributed by atoms with E-state index >= 15 is 0 Å². The molecule has 0 bridgehead atoms. The fraction of sp³-hybridized carbons (Fsp3) is 0.889. The SMILES string of the molecule is CCOCCCC(=O)NC1CC1. The van der Waals surface area contributed by atoms with Gasteiger partial charge in [0.25, 0.3) is 0 Å². The molecule has 0 saturated heterocycles. The van der Waals surface area contributed by atoms with E-state index in [4.69, 9.17) is 4.74 Å². The van der Waals surface area contributed by atoms with Crippen LogP contribution in [-0.4, -0.2) is 25.2 Å². The van der Waals surface area contributed by atoms with Gasteiger partial charge in [-0.15, -0.1) is 0 Å². The monoisotopic (exact) mass is 171 g/mol. The second-order valence-electron chi connectivity index (χ2n) is 3.14. The molecule has 1 saturated carbocycles. The molecule has 0 aromatic heterocycles. The predicted molar refractivity (Wildman–Crippen MR) is 46.9 cm³/mol. The van der Waals surface area contributed by atoms with Crippen molar-refractivity contribution in [3.63, 3.8) is 0 Å². The van der Waals surface area contributed by atoms with Crippen LogP contribution in [0.3, 0.4) is 0 Å². The van der Waals surface area contributed by atoms with Gasteiger partial charge >= 0.3 is 0 Å². The Morgan fingerprint density at radius 2 is 2.33 bits per heavy atom. The van der Waals surface area contributed by atoms with Crippen LogP contribution < -0.4 is 5.32 Å². The Hall–Kier alpha value is -0.570. The zero-order chi connectivity index (χ0) is 8.81. The highest BCUT2D eigenvalue weighted by Gasteiger charge is 2.22. The Bertz CT molecular complexity index is 143. The van der Waals surface area contributed by atoms with Crippen LogP contribution in [0, 0.1) is 0 Å². The van der Waals surface area contributed by atoms with Gasteiger partial charge < -0.3 is 10.1 Å². The summed E-state index contributed by atoms with van der Waals surface area (Å²) in [4.78, 5) is 11.1. The number of amides is 1. The van der Waals surface area contributed by atoms with Crippen LogP contribution in [0.4, 0.5) is 0 Å². The predicted octanol–water partition coefficient (Wildman–Crippen LogP) is 1.08. The number of hydrogen-bond acceptors (Lipinski definition) is 2. The van der Waals surface area contributed by atoms with E-state index in [9.17, 15) is 4.79 Å². The van der Waals surface area contributed by atoms with E-state index in [2.05, 4.69) is 5.32 Å². The second-order valence-corrected chi connectivity index (χ2v) is 3.14. The number of rotatable bonds is 6. The third kappa shape index (κ3) is 4.34. The minimum atomic E-state index is 0.178. The van der Waals surface area contributed by atoms with Crippen LogP contribution >= 0.6 is 0 Å². The largest absolute Gasteiger partial charge is 0.382 e. The van der Waals surface area contributed by atoms with Crippen LogP contribution in [0.1, 0.15) is 32.6 Å². The van der Waals surface area contributed by atoms with E-state index in [1.165, 1.54) is 0 Å². The van der Waals surface area contributed by atoms with E-state index in [0.717, 1.165) is 25.9 Å². The lowest BCUT2D eigenvalue weighted by molar-refractivity contribution is -0.121. The number of hydrogen-bond donors (Lipinski definition) is 1. The van der Waals surface area contributed by atoms with Crippen LogP contribution in [0.2, 0.25) is 0 Å². The highest BCUT2D eigenvalue weighted by atomic mass is 16.5. The molecule has 1 aliphatic rings. The molecule has 3 nitrogen and oxygen atoms in total. The molecule has 3 heteroatoms. The molecule has 70 valence electrons. The maximum Gasteiger partial charge on any atom is 0.220 e. The van der Waals surface area contributed by atoms with Crippen molar-refractivity contribution >= 4 is 5.91 Å². The first-order valence-corrected chi connectivity index (χ1v) is 4.70. The van der Waals surface area contributed by atoms with E-state index in [-0.39, 0.29) is 5.91 Å². The van der Waals surface area contributed by atoms with Crippen molar-refractivity contribution < 1.29 is 9.53 Å². The van der Waals surface area contributed by atoms with Crippen LogP contribution in [0.5, 0.6) is 0 Å². The fourth-order valence-electron chi connectivity index (χ4n) is 1.01.